The van der Waals surface area contributed by atoms with Gasteiger partial charge >= 0.3 is 7.60 Å². The highest BCUT2D eigenvalue weighted by Gasteiger charge is 2.47. The SMILES string of the molecule is CCOC(C(Cl)(Cl)Cl)P(=O)(O)OCC. The standard InChI is InChI=1S/C6H12Cl3O4P/c1-3-12-5(6(7,8)9)14(10,11)13-4-2/h5H,3-4H2,1-2H3,(H,10,11). The first-order valence-corrected chi connectivity index (χ1v) is 6.69. The van der Waals surface area contributed by atoms with Crippen LogP contribution in [-0.4, -0.2) is 27.7 Å². The molecule has 0 aromatic heterocycles. The zero-order valence-corrected chi connectivity index (χ0v) is 10.9. The molecule has 0 saturated heterocycles. The van der Waals surface area contributed by atoms with Gasteiger partial charge < -0.3 is 14.2 Å². The minimum Gasteiger partial charge on any atom is -0.362 e. The first-order chi connectivity index (χ1) is 6.25. The molecule has 86 valence electrons. The summed E-state index contributed by atoms with van der Waals surface area (Å²) in [5.41, 5.74) is 0. The van der Waals surface area contributed by atoms with Gasteiger partial charge in [-0.15, -0.1) is 0 Å². The van der Waals surface area contributed by atoms with Crippen molar-refractivity contribution in [1.82, 2.24) is 0 Å². The van der Waals surface area contributed by atoms with Crippen molar-refractivity contribution in [2.75, 3.05) is 13.2 Å². The predicted octanol–water partition coefficient (Wildman–Crippen LogP) is 2.94. The molecule has 0 aliphatic heterocycles. The Labute approximate surface area is 98.0 Å². The fourth-order valence-electron chi connectivity index (χ4n) is 0.784. The van der Waals surface area contributed by atoms with E-state index in [1.807, 2.05) is 0 Å². The van der Waals surface area contributed by atoms with E-state index in [4.69, 9.17) is 39.5 Å². The van der Waals surface area contributed by atoms with Crippen LogP contribution in [0.1, 0.15) is 13.8 Å². The van der Waals surface area contributed by atoms with Gasteiger partial charge in [-0.3, -0.25) is 4.57 Å². The lowest BCUT2D eigenvalue weighted by molar-refractivity contribution is 0.0901. The third-order valence-electron chi connectivity index (χ3n) is 1.21. The summed E-state index contributed by atoms with van der Waals surface area (Å²) >= 11 is 16.5. The molecule has 0 amide bonds. The Balaban J connectivity index is 4.73. The van der Waals surface area contributed by atoms with Crippen LogP contribution in [0.3, 0.4) is 0 Å². The van der Waals surface area contributed by atoms with E-state index in [0.717, 1.165) is 0 Å². The Morgan fingerprint density at radius 2 is 1.86 bits per heavy atom. The first-order valence-electron chi connectivity index (χ1n) is 3.91. The van der Waals surface area contributed by atoms with Crippen LogP contribution in [0.15, 0.2) is 0 Å². The van der Waals surface area contributed by atoms with Gasteiger partial charge in [0.15, 0.2) is 0 Å². The van der Waals surface area contributed by atoms with Crippen molar-refractivity contribution in [2.24, 2.45) is 0 Å². The number of alkyl halides is 3. The van der Waals surface area contributed by atoms with Gasteiger partial charge in [-0.2, -0.15) is 0 Å². The third-order valence-corrected chi connectivity index (χ3v) is 4.02. The van der Waals surface area contributed by atoms with Gasteiger partial charge in [-0.25, -0.2) is 0 Å². The van der Waals surface area contributed by atoms with Crippen LogP contribution in [0.25, 0.3) is 0 Å². The van der Waals surface area contributed by atoms with Crippen LogP contribution in [0, 0.1) is 0 Å². The maximum atomic E-state index is 11.5. The van der Waals surface area contributed by atoms with E-state index < -0.39 is 17.2 Å². The molecule has 0 fully saturated rings. The second-order valence-corrected chi connectivity index (χ2v) is 6.56. The van der Waals surface area contributed by atoms with Crippen molar-refractivity contribution in [3.05, 3.63) is 0 Å². The van der Waals surface area contributed by atoms with Gasteiger partial charge in [0.2, 0.25) is 9.64 Å². The van der Waals surface area contributed by atoms with Crippen LogP contribution >= 0.6 is 42.4 Å². The molecule has 0 bridgehead atoms. The number of hydrogen-bond donors (Lipinski definition) is 1. The number of hydrogen-bond acceptors (Lipinski definition) is 3. The lowest BCUT2D eigenvalue weighted by atomic mass is 10.8. The first kappa shape index (κ1) is 15.0. The topological polar surface area (TPSA) is 55.8 Å². The Kier molecular flexibility index (Phi) is 6.31. The average Bonchev–Trinajstić information content (AvgIpc) is 1.97. The third kappa shape index (κ3) is 4.67. The molecule has 0 radical (unpaired) electrons. The monoisotopic (exact) mass is 284 g/mol. The highest BCUT2D eigenvalue weighted by atomic mass is 35.6. The largest absolute Gasteiger partial charge is 0.362 e. The molecule has 0 rings (SSSR count). The predicted molar refractivity (Wildman–Crippen MR) is 57.2 cm³/mol. The molecule has 8 heteroatoms. The lowest BCUT2D eigenvalue weighted by Gasteiger charge is -2.27. The molecule has 0 aromatic carbocycles. The number of halogens is 3. The van der Waals surface area contributed by atoms with E-state index in [1.165, 1.54) is 0 Å². The van der Waals surface area contributed by atoms with Crippen molar-refractivity contribution < 1.29 is 18.7 Å². The number of rotatable bonds is 5. The molecule has 0 spiro atoms. The van der Waals surface area contributed by atoms with Crippen molar-refractivity contribution >= 4 is 42.4 Å². The zero-order chi connectivity index (χ0) is 11.4. The van der Waals surface area contributed by atoms with Crippen LogP contribution in [0.2, 0.25) is 0 Å². The van der Waals surface area contributed by atoms with Gasteiger partial charge in [-0.1, -0.05) is 34.8 Å². The molecular formula is C6H12Cl3O4P. The van der Waals surface area contributed by atoms with Crippen molar-refractivity contribution in [1.29, 1.82) is 0 Å². The molecule has 1 N–H and O–H groups in total. The lowest BCUT2D eigenvalue weighted by Crippen LogP contribution is -2.29. The summed E-state index contributed by atoms with van der Waals surface area (Å²) in [6.45, 7) is 3.37. The minimum atomic E-state index is -4.06. The quantitative estimate of drug-likeness (QED) is 0.623. The summed E-state index contributed by atoms with van der Waals surface area (Å²) in [6.07, 6.45) is 0. The number of ether oxygens (including phenoxy) is 1. The molecule has 2 unspecified atom stereocenters. The molecule has 0 aliphatic rings. The highest BCUT2D eigenvalue weighted by Crippen LogP contribution is 2.56. The summed E-state index contributed by atoms with van der Waals surface area (Å²) in [5.74, 6) is -1.47. The van der Waals surface area contributed by atoms with Crippen LogP contribution in [0.4, 0.5) is 0 Å². The van der Waals surface area contributed by atoms with Gasteiger partial charge in [0.05, 0.1) is 6.61 Å². The summed E-state index contributed by atoms with van der Waals surface area (Å²) in [4.78, 5) is 9.40. The molecule has 0 aliphatic carbocycles. The van der Waals surface area contributed by atoms with Crippen LogP contribution in [0.5, 0.6) is 0 Å². The van der Waals surface area contributed by atoms with E-state index in [0.29, 0.717) is 0 Å². The van der Waals surface area contributed by atoms with E-state index in [2.05, 4.69) is 4.52 Å². The van der Waals surface area contributed by atoms with Crippen molar-refractivity contribution in [3.63, 3.8) is 0 Å². The van der Waals surface area contributed by atoms with E-state index >= 15 is 0 Å². The molecule has 2 atom stereocenters. The molecule has 0 heterocycles. The van der Waals surface area contributed by atoms with Crippen LogP contribution < -0.4 is 0 Å². The van der Waals surface area contributed by atoms with Crippen molar-refractivity contribution in [2.45, 2.75) is 23.5 Å². The average molecular weight is 285 g/mol. The Morgan fingerprint density at radius 3 is 2.14 bits per heavy atom. The molecule has 4 nitrogen and oxygen atoms in total. The zero-order valence-electron chi connectivity index (χ0n) is 7.74. The van der Waals surface area contributed by atoms with Crippen molar-refractivity contribution in [3.8, 4) is 0 Å². The molecule has 0 aromatic rings. The summed E-state index contributed by atoms with van der Waals surface area (Å²) in [5, 5.41) is 0. The fraction of sp³-hybridized carbons (Fsp3) is 1.00. The summed E-state index contributed by atoms with van der Waals surface area (Å²) in [6, 6.07) is 0. The minimum absolute atomic E-state index is 0.0398. The van der Waals surface area contributed by atoms with Gasteiger partial charge in [-0.05, 0) is 13.8 Å². The molecular weight excluding hydrogens is 273 g/mol. The van der Waals surface area contributed by atoms with Crippen LogP contribution in [-0.2, 0) is 13.8 Å². The van der Waals surface area contributed by atoms with E-state index in [-0.39, 0.29) is 13.2 Å². The Hall–Kier alpha value is 0.980. The highest BCUT2D eigenvalue weighted by molar-refractivity contribution is 7.54. The summed E-state index contributed by atoms with van der Waals surface area (Å²) < 4.78 is 19.0. The maximum Gasteiger partial charge on any atom is 0.361 e. The molecule has 14 heavy (non-hydrogen) atoms. The fourth-order valence-corrected chi connectivity index (χ4v) is 3.30. The van der Waals surface area contributed by atoms with E-state index in [1.54, 1.807) is 13.8 Å². The maximum absolute atomic E-state index is 11.5. The molecule has 0 saturated carbocycles. The van der Waals surface area contributed by atoms with E-state index in [9.17, 15) is 9.46 Å². The Morgan fingerprint density at radius 1 is 1.36 bits per heavy atom. The second-order valence-electron chi connectivity index (χ2n) is 2.33. The van der Waals surface area contributed by atoms with Gasteiger partial charge in [0.1, 0.15) is 0 Å². The Bertz CT molecular complexity index is 218. The normalized spacial score (nSPS) is 19.0. The van der Waals surface area contributed by atoms with Gasteiger partial charge in [0.25, 0.3) is 0 Å². The van der Waals surface area contributed by atoms with Gasteiger partial charge in [0, 0.05) is 6.61 Å². The second kappa shape index (κ2) is 5.90. The summed E-state index contributed by atoms with van der Waals surface area (Å²) in [7, 11) is -4.06. The smallest absolute Gasteiger partial charge is 0.361 e.